The molecule has 0 radical (unpaired) electrons. The molecule has 1 aliphatic heterocycles. The van der Waals surface area contributed by atoms with Crippen LogP contribution in [0.2, 0.25) is 0 Å². The van der Waals surface area contributed by atoms with E-state index in [-0.39, 0.29) is 23.6 Å². The van der Waals surface area contributed by atoms with Crippen LogP contribution in [0.25, 0.3) is 0 Å². The standard InChI is InChI=1S/C19H25N3O3/c1-22-11-10-16(19(22)25)21-18(24)14-8-5-9-15(12-14)20-17(23)13-6-3-2-4-7-13/h5,8-9,12-13,16H,2-4,6-7,10-11H2,1H3,(H,20,23)(H,21,24)/t16-/m0/s1. The van der Waals surface area contributed by atoms with Crippen LogP contribution in [0.5, 0.6) is 0 Å². The van der Waals surface area contributed by atoms with Crippen molar-refractivity contribution in [2.75, 3.05) is 18.9 Å². The van der Waals surface area contributed by atoms with Gasteiger partial charge in [-0.15, -0.1) is 0 Å². The Morgan fingerprint density at radius 1 is 1.12 bits per heavy atom. The number of carbonyl (C=O) groups is 3. The molecule has 0 bridgehead atoms. The molecule has 2 fully saturated rings. The number of benzene rings is 1. The van der Waals surface area contributed by atoms with Gasteiger partial charge in [0.25, 0.3) is 5.91 Å². The minimum Gasteiger partial charge on any atom is -0.344 e. The number of nitrogens with one attached hydrogen (secondary N) is 2. The Labute approximate surface area is 148 Å². The van der Waals surface area contributed by atoms with Crippen LogP contribution in [0.15, 0.2) is 24.3 Å². The lowest BCUT2D eigenvalue weighted by molar-refractivity contribution is -0.128. The fraction of sp³-hybridized carbons (Fsp3) is 0.526. The number of carbonyl (C=O) groups excluding carboxylic acids is 3. The molecule has 0 unspecified atom stereocenters. The van der Waals surface area contributed by atoms with Crippen molar-refractivity contribution in [3.05, 3.63) is 29.8 Å². The first-order valence-electron chi connectivity index (χ1n) is 9.01. The third-order valence-electron chi connectivity index (χ3n) is 5.10. The van der Waals surface area contributed by atoms with Gasteiger partial charge in [-0.1, -0.05) is 25.3 Å². The summed E-state index contributed by atoms with van der Waals surface area (Å²) in [5.41, 5.74) is 1.07. The third-order valence-corrected chi connectivity index (χ3v) is 5.10. The summed E-state index contributed by atoms with van der Waals surface area (Å²) in [6, 6.07) is 6.42. The first-order chi connectivity index (χ1) is 12.0. The van der Waals surface area contributed by atoms with Gasteiger partial charge >= 0.3 is 0 Å². The van der Waals surface area contributed by atoms with Crippen LogP contribution >= 0.6 is 0 Å². The van der Waals surface area contributed by atoms with E-state index in [2.05, 4.69) is 10.6 Å². The lowest BCUT2D eigenvalue weighted by Gasteiger charge is -2.20. The van der Waals surface area contributed by atoms with Crippen molar-refractivity contribution in [2.24, 2.45) is 5.92 Å². The first-order valence-corrected chi connectivity index (χ1v) is 9.01. The fourth-order valence-corrected chi connectivity index (χ4v) is 3.55. The lowest BCUT2D eigenvalue weighted by atomic mass is 9.88. The topological polar surface area (TPSA) is 78.5 Å². The van der Waals surface area contributed by atoms with Crippen LogP contribution in [0.1, 0.15) is 48.9 Å². The molecule has 0 spiro atoms. The quantitative estimate of drug-likeness (QED) is 0.879. The van der Waals surface area contributed by atoms with Gasteiger partial charge in [-0.2, -0.15) is 0 Å². The molecule has 1 heterocycles. The molecule has 6 heteroatoms. The maximum atomic E-state index is 12.4. The summed E-state index contributed by atoms with van der Waals surface area (Å²) in [5.74, 6) is -0.250. The highest BCUT2D eigenvalue weighted by molar-refractivity contribution is 6.00. The van der Waals surface area contributed by atoms with Gasteiger partial charge in [0.05, 0.1) is 0 Å². The van der Waals surface area contributed by atoms with Crippen molar-refractivity contribution in [1.82, 2.24) is 10.2 Å². The van der Waals surface area contributed by atoms with Gasteiger partial charge in [-0.05, 0) is 37.5 Å². The van der Waals surface area contributed by atoms with Crippen molar-refractivity contribution >= 4 is 23.4 Å². The molecule has 2 N–H and O–H groups in total. The van der Waals surface area contributed by atoms with E-state index in [0.29, 0.717) is 24.2 Å². The zero-order chi connectivity index (χ0) is 17.8. The van der Waals surface area contributed by atoms with Crippen LogP contribution in [-0.4, -0.2) is 42.3 Å². The smallest absolute Gasteiger partial charge is 0.252 e. The second kappa shape index (κ2) is 7.68. The van der Waals surface area contributed by atoms with Crippen molar-refractivity contribution in [1.29, 1.82) is 0 Å². The van der Waals surface area contributed by atoms with Crippen molar-refractivity contribution in [3.63, 3.8) is 0 Å². The minimum absolute atomic E-state index is 0.0323. The second-order valence-electron chi connectivity index (χ2n) is 6.98. The Hall–Kier alpha value is -2.37. The molecule has 25 heavy (non-hydrogen) atoms. The third kappa shape index (κ3) is 4.18. The van der Waals surface area contributed by atoms with Gasteiger partial charge in [0.1, 0.15) is 6.04 Å². The first kappa shape index (κ1) is 17.5. The SMILES string of the molecule is CN1CC[C@H](NC(=O)c2cccc(NC(=O)C3CCCCC3)c2)C1=O. The molecule has 1 aromatic carbocycles. The molecule has 0 aromatic heterocycles. The van der Waals surface area contributed by atoms with Gasteiger partial charge in [-0.25, -0.2) is 0 Å². The molecule has 2 aliphatic rings. The van der Waals surface area contributed by atoms with Crippen LogP contribution in [0, 0.1) is 5.92 Å². The summed E-state index contributed by atoms with van der Waals surface area (Å²) in [6.07, 6.45) is 5.90. The summed E-state index contributed by atoms with van der Waals surface area (Å²) in [7, 11) is 1.73. The lowest BCUT2D eigenvalue weighted by Crippen LogP contribution is -2.40. The Morgan fingerprint density at radius 3 is 2.56 bits per heavy atom. The molecule has 1 saturated heterocycles. The summed E-state index contributed by atoms with van der Waals surface area (Å²) in [5, 5.41) is 5.70. The second-order valence-corrected chi connectivity index (χ2v) is 6.98. The molecule has 1 aliphatic carbocycles. The van der Waals surface area contributed by atoms with Crippen LogP contribution in [-0.2, 0) is 9.59 Å². The predicted molar refractivity (Wildman–Crippen MR) is 95.2 cm³/mol. The van der Waals surface area contributed by atoms with Gasteiger partial charge < -0.3 is 15.5 Å². The summed E-state index contributed by atoms with van der Waals surface area (Å²) in [4.78, 5) is 38.3. The summed E-state index contributed by atoms with van der Waals surface area (Å²) >= 11 is 0. The fourth-order valence-electron chi connectivity index (χ4n) is 3.55. The number of rotatable bonds is 4. The Bertz CT molecular complexity index is 668. The van der Waals surface area contributed by atoms with E-state index in [0.717, 1.165) is 25.7 Å². The van der Waals surface area contributed by atoms with E-state index in [9.17, 15) is 14.4 Å². The number of likely N-dealkylation sites (tertiary alicyclic amines) is 1. The predicted octanol–water partition coefficient (Wildman–Crippen LogP) is 2.17. The van der Waals surface area contributed by atoms with Gasteiger partial charge in [0.15, 0.2) is 0 Å². The van der Waals surface area contributed by atoms with Gasteiger partial charge in [0, 0.05) is 30.8 Å². The monoisotopic (exact) mass is 343 g/mol. The highest BCUT2D eigenvalue weighted by Gasteiger charge is 2.30. The zero-order valence-corrected chi connectivity index (χ0v) is 14.6. The van der Waals surface area contributed by atoms with Gasteiger partial charge in [0.2, 0.25) is 11.8 Å². The van der Waals surface area contributed by atoms with E-state index in [1.165, 1.54) is 6.42 Å². The summed E-state index contributed by atoms with van der Waals surface area (Å²) in [6.45, 7) is 0.654. The molecule has 3 rings (SSSR count). The molecule has 1 saturated carbocycles. The maximum Gasteiger partial charge on any atom is 0.252 e. The molecule has 1 atom stereocenters. The maximum absolute atomic E-state index is 12.4. The van der Waals surface area contributed by atoms with Crippen molar-refractivity contribution in [2.45, 2.75) is 44.6 Å². The van der Waals surface area contributed by atoms with E-state index >= 15 is 0 Å². The largest absolute Gasteiger partial charge is 0.344 e. The number of anilines is 1. The Balaban J connectivity index is 1.61. The van der Waals surface area contributed by atoms with E-state index in [1.54, 1.807) is 36.2 Å². The molecule has 134 valence electrons. The molecule has 1 aromatic rings. The van der Waals surface area contributed by atoms with E-state index in [4.69, 9.17) is 0 Å². The zero-order valence-electron chi connectivity index (χ0n) is 14.6. The number of likely N-dealkylation sites (N-methyl/N-ethyl adjacent to an activating group) is 1. The number of nitrogens with zero attached hydrogens (tertiary/aromatic N) is 1. The molecule has 6 nitrogen and oxygen atoms in total. The number of hydrogen-bond donors (Lipinski definition) is 2. The summed E-state index contributed by atoms with van der Waals surface area (Å²) < 4.78 is 0. The van der Waals surface area contributed by atoms with E-state index < -0.39 is 6.04 Å². The molecule has 3 amide bonds. The van der Waals surface area contributed by atoms with Crippen LogP contribution in [0.3, 0.4) is 0 Å². The minimum atomic E-state index is -0.460. The van der Waals surface area contributed by atoms with E-state index in [1.807, 2.05) is 0 Å². The number of amides is 3. The molecular weight excluding hydrogens is 318 g/mol. The highest BCUT2D eigenvalue weighted by Crippen LogP contribution is 2.25. The van der Waals surface area contributed by atoms with Crippen molar-refractivity contribution < 1.29 is 14.4 Å². The average Bonchev–Trinajstić information content (AvgIpc) is 2.94. The highest BCUT2D eigenvalue weighted by atomic mass is 16.2. The normalized spacial score (nSPS) is 21.2. The Morgan fingerprint density at radius 2 is 1.88 bits per heavy atom. The average molecular weight is 343 g/mol. The molecular formula is C19H25N3O3. The van der Waals surface area contributed by atoms with Crippen LogP contribution in [0.4, 0.5) is 5.69 Å². The number of hydrogen-bond acceptors (Lipinski definition) is 3. The van der Waals surface area contributed by atoms with Crippen molar-refractivity contribution in [3.8, 4) is 0 Å². The van der Waals surface area contributed by atoms with Gasteiger partial charge in [-0.3, -0.25) is 14.4 Å². The Kier molecular flexibility index (Phi) is 5.36. The van der Waals surface area contributed by atoms with Crippen LogP contribution < -0.4 is 10.6 Å².